The Bertz CT molecular complexity index is 396. The summed E-state index contributed by atoms with van der Waals surface area (Å²) in [6, 6.07) is 0.323. The Morgan fingerprint density at radius 1 is 1.50 bits per heavy atom. The Hall–Kier alpha value is -0.490. The van der Waals surface area contributed by atoms with Crippen LogP contribution < -0.4 is 10.6 Å². The van der Waals surface area contributed by atoms with Crippen LogP contribution in [-0.2, 0) is 11.2 Å². The molecule has 2 rings (SSSR count). The zero-order chi connectivity index (χ0) is 14.4. The standard InChI is InChI=1S/C15H27N3OS/c1-4-13-9-17-14(20-13)12(2)18-10-15(11-19-3)5-7-16-8-6-15/h9,12,16,18H,4-8,10-11H2,1-3H3. The maximum Gasteiger partial charge on any atom is 0.109 e. The van der Waals surface area contributed by atoms with E-state index in [1.807, 2.05) is 24.6 Å². The highest BCUT2D eigenvalue weighted by atomic mass is 32.1. The molecule has 1 aliphatic heterocycles. The predicted molar refractivity (Wildman–Crippen MR) is 84.3 cm³/mol. The van der Waals surface area contributed by atoms with Gasteiger partial charge in [-0.25, -0.2) is 4.98 Å². The first kappa shape index (κ1) is 15.9. The van der Waals surface area contributed by atoms with E-state index in [-0.39, 0.29) is 5.41 Å². The molecule has 0 radical (unpaired) electrons. The van der Waals surface area contributed by atoms with Crippen molar-refractivity contribution in [3.63, 3.8) is 0 Å². The molecular formula is C15H27N3OS. The number of rotatable bonds is 7. The highest BCUT2D eigenvalue weighted by Gasteiger charge is 2.32. The van der Waals surface area contributed by atoms with Crippen LogP contribution in [-0.4, -0.2) is 38.3 Å². The molecule has 0 saturated carbocycles. The van der Waals surface area contributed by atoms with Crippen LogP contribution in [0.1, 0.15) is 42.6 Å². The van der Waals surface area contributed by atoms with Gasteiger partial charge >= 0.3 is 0 Å². The number of nitrogens with zero attached hydrogens (tertiary/aromatic N) is 1. The second-order valence-corrected chi connectivity index (χ2v) is 6.95. The number of ether oxygens (including phenoxy) is 1. The second kappa shape index (κ2) is 7.50. The van der Waals surface area contributed by atoms with Crippen molar-refractivity contribution in [1.29, 1.82) is 0 Å². The first-order valence-electron chi connectivity index (χ1n) is 7.57. The van der Waals surface area contributed by atoms with Gasteiger partial charge in [0, 0.05) is 30.1 Å². The molecule has 2 N–H and O–H groups in total. The van der Waals surface area contributed by atoms with Crippen molar-refractivity contribution >= 4 is 11.3 Å². The highest BCUT2D eigenvalue weighted by molar-refractivity contribution is 7.11. The lowest BCUT2D eigenvalue weighted by atomic mass is 9.79. The van der Waals surface area contributed by atoms with Crippen LogP contribution in [0.15, 0.2) is 6.20 Å². The molecule has 1 atom stereocenters. The van der Waals surface area contributed by atoms with Crippen molar-refractivity contribution in [3.8, 4) is 0 Å². The summed E-state index contributed by atoms with van der Waals surface area (Å²) in [4.78, 5) is 5.89. The fraction of sp³-hybridized carbons (Fsp3) is 0.800. The van der Waals surface area contributed by atoms with Gasteiger partial charge in [-0.05, 0) is 39.3 Å². The summed E-state index contributed by atoms with van der Waals surface area (Å²) in [5.74, 6) is 0. The molecule has 5 heteroatoms. The van der Waals surface area contributed by atoms with E-state index in [0.717, 1.165) is 32.7 Å². The highest BCUT2D eigenvalue weighted by Crippen LogP contribution is 2.29. The van der Waals surface area contributed by atoms with E-state index in [4.69, 9.17) is 4.74 Å². The molecule has 1 fully saturated rings. The molecule has 1 saturated heterocycles. The smallest absolute Gasteiger partial charge is 0.109 e. The van der Waals surface area contributed by atoms with Crippen molar-refractivity contribution < 1.29 is 4.74 Å². The lowest BCUT2D eigenvalue weighted by molar-refractivity contribution is 0.0518. The van der Waals surface area contributed by atoms with Gasteiger partial charge in [-0.1, -0.05) is 6.92 Å². The first-order chi connectivity index (χ1) is 9.69. The molecule has 0 aliphatic carbocycles. The monoisotopic (exact) mass is 297 g/mol. The Morgan fingerprint density at radius 2 is 2.25 bits per heavy atom. The molecule has 0 amide bonds. The van der Waals surface area contributed by atoms with E-state index in [2.05, 4.69) is 29.5 Å². The Balaban J connectivity index is 1.91. The number of hydrogen-bond donors (Lipinski definition) is 2. The van der Waals surface area contributed by atoms with Crippen LogP contribution in [0.25, 0.3) is 0 Å². The topological polar surface area (TPSA) is 46.2 Å². The summed E-state index contributed by atoms with van der Waals surface area (Å²) < 4.78 is 5.46. The third-order valence-corrected chi connectivity index (χ3v) is 5.51. The second-order valence-electron chi connectivity index (χ2n) is 5.80. The minimum Gasteiger partial charge on any atom is -0.384 e. The van der Waals surface area contributed by atoms with Gasteiger partial charge in [0.1, 0.15) is 5.01 Å². The number of aryl methyl sites for hydroxylation is 1. The molecule has 4 nitrogen and oxygen atoms in total. The summed E-state index contributed by atoms with van der Waals surface area (Å²) in [7, 11) is 1.81. The number of piperidine rings is 1. The lowest BCUT2D eigenvalue weighted by Crippen LogP contribution is -2.46. The molecule has 1 aliphatic rings. The average Bonchev–Trinajstić information content (AvgIpc) is 2.95. The van der Waals surface area contributed by atoms with E-state index >= 15 is 0 Å². The number of nitrogens with one attached hydrogen (secondary N) is 2. The largest absolute Gasteiger partial charge is 0.384 e. The van der Waals surface area contributed by atoms with Crippen LogP contribution >= 0.6 is 11.3 Å². The van der Waals surface area contributed by atoms with Gasteiger partial charge in [0.2, 0.25) is 0 Å². The minimum atomic E-state index is 0.277. The maximum atomic E-state index is 5.46. The quantitative estimate of drug-likeness (QED) is 0.811. The minimum absolute atomic E-state index is 0.277. The van der Waals surface area contributed by atoms with Gasteiger partial charge in [-0.3, -0.25) is 0 Å². The van der Waals surface area contributed by atoms with E-state index in [1.165, 1.54) is 22.7 Å². The van der Waals surface area contributed by atoms with Crippen LogP contribution in [0.3, 0.4) is 0 Å². The molecule has 0 aromatic carbocycles. The molecule has 1 aromatic rings. The van der Waals surface area contributed by atoms with Crippen LogP contribution in [0.2, 0.25) is 0 Å². The SMILES string of the molecule is CCc1cnc(C(C)NCC2(COC)CCNCC2)s1. The Labute approximate surface area is 126 Å². The number of aromatic nitrogens is 1. The summed E-state index contributed by atoms with van der Waals surface area (Å²) in [5, 5.41) is 8.30. The maximum absolute atomic E-state index is 5.46. The van der Waals surface area contributed by atoms with E-state index in [1.54, 1.807) is 0 Å². The molecule has 1 aromatic heterocycles. The molecular weight excluding hydrogens is 270 g/mol. The van der Waals surface area contributed by atoms with Gasteiger partial charge < -0.3 is 15.4 Å². The molecule has 0 spiro atoms. The Morgan fingerprint density at radius 3 is 2.85 bits per heavy atom. The van der Waals surface area contributed by atoms with Crippen molar-refractivity contribution in [2.75, 3.05) is 33.4 Å². The number of methoxy groups -OCH3 is 1. The van der Waals surface area contributed by atoms with Crippen molar-refractivity contribution in [2.45, 2.75) is 39.2 Å². The number of thiazole rings is 1. The normalized spacial score (nSPS) is 19.9. The Kier molecular flexibility index (Phi) is 5.96. The van der Waals surface area contributed by atoms with E-state index < -0.39 is 0 Å². The summed E-state index contributed by atoms with van der Waals surface area (Å²) in [5.41, 5.74) is 0.277. The van der Waals surface area contributed by atoms with Gasteiger partial charge in [-0.15, -0.1) is 11.3 Å². The van der Waals surface area contributed by atoms with E-state index in [0.29, 0.717) is 6.04 Å². The summed E-state index contributed by atoms with van der Waals surface area (Å²) >= 11 is 1.82. The van der Waals surface area contributed by atoms with E-state index in [9.17, 15) is 0 Å². The predicted octanol–water partition coefficient (Wildman–Crippen LogP) is 2.37. The van der Waals surface area contributed by atoms with Gasteiger partial charge in [0.25, 0.3) is 0 Å². The van der Waals surface area contributed by atoms with Crippen LogP contribution in [0.4, 0.5) is 0 Å². The van der Waals surface area contributed by atoms with Gasteiger partial charge in [-0.2, -0.15) is 0 Å². The summed E-state index contributed by atoms with van der Waals surface area (Å²) in [6.45, 7) is 8.42. The number of hydrogen-bond acceptors (Lipinski definition) is 5. The van der Waals surface area contributed by atoms with Crippen LogP contribution in [0.5, 0.6) is 0 Å². The third-order valence-electron chi connectivity index (χ3n) is 4.19. The van der Waals surface area contributed by atoms with Crippen LogP contribution in [0, 0.1) is 5.41 Å². The zero-order valence-electron chi connectivity index (χ0n) is 12.9. The van der Waals surface area contributed by atoms with Gasteiger partial charge in [0.15, 0.2) is 0 Å². The lowest BCUT2D eigenvalue weighted by Gasteiger charge is -2.38. The fourth-order valence-electron chi connectivity index (χ4n) is 2.78. The zero-order valence-corrected chi connectivity index (χ0v) is 13.7. The molecule has 114 valence electrons. The third kappa shape index (κ3) is 4.01. The van der Waals surface area contributed by atoms with Gasteiger partial charge in [0.05, 0.1) is 12.6 Å². The average molecular weight is 297 g/mol. The van der Waals surface area contributed by atoms with Crippen molar-refractivity contribution in [1.82, 2.24) is 15.6 Å². The van der Waals surface area contributed by atoms with Crippen molar-refractivity contribution in [2.24, 2.45) is 5.41 Å². The first-order valence-corrected chi connectivity index (χ1v) is 8.38. The molecule has 20 heavy (non-hydrogen) atoms. The molecule has 2 heterocycles. The van der Waals surface area contributed by atoms with Crippen molar-refractivity contribution in [3.05, 3.63) is 16.1 Å². The fourth-order valence-corrected chi connectivity index (χ4v) is 3.66. The molecule has 0 bridgehead atoms. The summed E-state index contributed by atoms with van der Waals surface area (Å²) in [6.07, 6.45) is 5.44. The molecule has 1 unspecified atom stereocenters.